The van der Waals surface area contributed by atoms with Crippen molar-refractivity contribution >= 4 is 23.0 Å². The molecule has 0 unspecified atom stereocenters. The minimum Gasteiger partial charge on any atom is -0.463 e. The number of hydrogen-bond donors (Lipinski definition) is 1. The number of anilines is 1. The normalized spacial score (nSPS) is 14.5. The molecule has 0 aliphatic heterocycles. The summed E-state index contributed by atoms with van der Waals surface area (Å²) in [6.45, 7) is 3.84. The molecule has 1 atom stereocenters. The van der Waals surface area contributed by atoms with Crippen molar-refractivity contribution in [2.75, 3.05) is 12.4 Å². The number of esters is 1. The molecule has 7 nitrogen and oxygen atoms in total. The molecule has 1 N–H and O–H groups in total. The van der Waals surface area contributed by atoms with Gasteiger partial charge in [-0.25, -0.2) is 24.1 Å². The zero-order valence-electron chi connectivity index (χ0n) is 20.9. The van der Waals surface area contributed by atoms with E-state index in [2.05, 4.69) is 20.3 Å². The predicted octanol–water partition coefficient (Wildman–Crippen LogP) is 6.00. The van der Waals surface area contributed by atoms with Crippen LogP contribution in [0.4, 0.5) is 23.4 Å². The summed E-state index contributed by atoms with van der Waals surface area (Å²) in [6, 6.07) is 10.4. The first-order valence-electron chi connectivity index (χ1n) is 12.1. The van der Waals surface area contributed by atoms with Crippen LogP contribution < -0.4 is 5.32 Å². The van der Waals surface area contributed by atoms with E-state index in [1.165, 1.54) is 13.2 Å². The number of carbonyl (C=O) groups is 1. The first-order valence-corrected chi connectivity index (χ1v) is 12.1. The van der Waals surface area contributed by atoms with Gasteiger partial charge in [-0.2, -0.15) is 13.2 Å². The lowest BCUT2D eigenvalue weighted by Gasteiger charge is -2.17. The molecular weight excluding hydrogens is 502 g/mol. The molecule has 2 aromatic carbocycles. The molecular formula is C27H25F4N5O2. The summed E-state index contributed by atoms with van der Waals surface area (Å²) in [6.07, 6.45) is -2.74. The lowest BCUT2D eigenvalue weighted by molar-refractivity contribution is -0.140. The Morgan fingerprint density at radius 1 is 1.16 bits per heavy atom. The van der Waals surface area contributed by atoms with Crippen molar-refractivity contribution in [2.24, 2.45) is 5.92 Å². The minimum absolute atomic E-state index is 0.0204. The highest BCUT2D eigenvalue weighted by molar-refractivity contribution is 5.93. The summed E-state index contributed by atoms with van der Waals surface area (Å²) in [7, 11) is 1.22. The number of alkyl halides is 3. The number of nitrogens with zero attached hydrogens (tertiary/aromatic N) is 4. The van der Waals surface area contributed by atoms with Gasteiger partial charge in [0.1, 0.15) is 17.2 Å². The Morgan fingerprint density at radius 2 is 1.92 bits per heavy atom. The van der Waals surface area contributed by atoms with Gasteiger partial charge in [0.15, 0.2) is 11.5 Å². The van der Waals surface area contributed by atoms with Gasteiger partial charge in [0.05, 0.1) is 12.7 Å². The topological polar surface area (TPSA) is 81.9 Å². The molecule has 1 aliphatic rings. The highest BCUT2D eigenvalue weighted by Gasteiger charge is 2.34. The van der Waals surface area contributed by atoms with Gasteiger partial charge in [0.2, 0.25) is 5.82 Å². The van der Waals surface area contributed by atoms with E-state index < -0.39 is 23.5 Å². The van der Waals surface area contributed by atoms with E-state index in [9.17, 15) is 22.4 Å². The maximum atomic E-state index is 14.0. The van der Waals surface area contributed by atoms with Gasteiger partial charge in [0, 0.05) is 18.2 Å². The SMILES string of the molecule is COC(=O)c1nc(N[C@H](C)C2CC2)c2c(n1)nc(-c1cccc(C)c1)n2Cc1ccc(F)c(C(F)(F)F)c1. The Morgan fingerprint density at radius 3 is 2.58 bits per heavy atom. The molecule has 4 aromatic rings. The highest BCUT2D eigenvalue weighted by atomic mass is 19.4. The van der Waals surface area contributed by atoms with Crippen molar-refractivity contribution in [1.82, 2.24) is 19.5 Å². The summed E-state index contributed by atoms with van der Waals surface area (Å²) >= 11 is 0. The van der Waals surface area contributed by atoms with Gasteiger partial charge in [0.25, 0.3) is 0 Å². The average molecular weight is 528 g/mol. The Kier molecular flexibility index (Phi) is 6.54. The number of carbonyl (C=O) groups excluding carboxylic acids is 1. The minimum atomic E-state index is -4.85. The number of aromatic nitrogens is 4. The van der Waals surface area contributed by atoms with Gasteiger partial charge in [-0.1, -0.05) is 29.8 Å². The third-order valence-corrected chi connectivity index (χ3v) is 6.62. The van der Waals surface area contributed by atoms with Crippen molar-refractivity contribution in [3.05, 3.63) is 70.8 Å². The molecule has 1 aliphatic carbocycles. The van der Waals surface area contributed by atoms with Crippen molar-refractivity contribution in [1.29, 1.82) is 0 Å². The van der Waals surface area contributed by atoms with Crippen LogP contribution >= 0.6 is 0 Å². The third-order valence-electron chi connectivity index (χ3n) is 6.62. The number of hydrogen-bond acceptors (Lipinski definition) is 6. The van der Waals surface area contributed by atoms with Crippen molar-refractivity contribution in [2.45, 2.75) is 45.5 Å². The molecule has 1 fully saturated rings. The van der Waals surface area contributed by atoms with Crippen molar-refractivity contribution in [3.63, 3.8) is 0 Å². The maximum Gasteiger partial charge on any atom is 0.419 e. The van der Waals surface area contributed by atoms with Crippen molar-refractivity contribution < 1.29 is 27.1 Å². The Balaban J connectivity index is 1.74. The van der Waals surface area contributed by atoms with Crippen LogP contribution in [0.5, 0.6) is 0 Å². The summed E-state index contributed by atoms with van der Waals surface area (Å²) in [5, 5.41) is 3.35. The number of fused-ring (bicyclic) bond motifs is 1. The molecule has 0 amide bonds. The number of halogens is 4. The van der Waals surface area contributed by atoms with E-state index in [1.807, 2.05) is 38.1 Å². The number of ether oxygens (including phenoxy) is 1. The lowest BCUT2D eigenvalue weighted by Crippen LogP contribution is -2.21. The van der Waals surface area contributed by atoms with Gasteiger partial charge >= 0.3 is 12.1 Å². The standard InChI is InChI=1S/C27H25F4N5O2/c1-14-5-4-6-18(11-14)25-35-23-21(36(25)13-16-7-10-20(28)19(12-16)27(29,30)31)22(32-15(2)17-8-9-17)33-24(34-23)26(37)38-3/h4-7,10-12,15,17H,8-9,13H2,1-3H3,(H,32,33,34)/t15-/m1/s1. The van der Waals surface area contributed by atoms with E-state index in [4.69, 9.17) is 4.74 Å². The van der Waals surface area contributed by atoms with E-state index >= 15 is 0 Å². The van der Waals surface area contributed by atoms with Crippen LogP contribution in [0.15, 0.2) is 42.5 Å². The van der Waals surface area contributed by atoms with Crippen molar-refractivity contribution in [3.8, 4) is 11.4 Å². The largest absolute Gasteiger partial charge is 0.463 e. The van der Waals surface area contributed by atoms with Crippen LogP contribution in [0, 0.1) is 18.7 Å². The van der Waals surface area contributed by atoms with Gasteiger partial charge < -0.3 is 14.6 Å². The first-order chi connectivity index (χ1) is 18.0. The second kappa shape index (κ2) is 9.70. The van der Waals surface area contributed by atoms with Crippen LogP contribution in [-0.4, -0.2) is 38.6 Å². The second-order valence-corrected chi connectivity index (χ2v) is 9.53. The molecule has 2 aromatic heterocycles. The molecule has 11 heteroatoms. The summed E-state index contributed by atoms with van der Waals surface area (Å²) in [5.74, 6) is -1.11. The fraction of sp³-hybridized carbons (Fsp3) is 0.333. The fourth-order valence-electron chi connectivity index (χ4n) is 4.48. The molecule has 2 heterocycles. The van der Waals surface area contributed by atoms with Gasteiger partial charge in [-0.05, 0) is 56.4 Å². The fourth-order valence-corrected chi connectivity index (χ4v) is 4.48. The summed E-state index contributed by atoms with van der Waals surface area (Å²) in [5.41, 5.74) is 1.11. The maximum absolute atomic E-state index is 14.0. The zero-order valence-corrected chi connectivity index (χ0v) is 20.9. The third kappa shape index (κ3) is 5.05. The van der Waals surface area contributed by atoms with Crippen LogP contribution in [0.3, 0.4) is 0 Å². The molecule has 0 saturated heterocycles. The first kappa shape index (κ1) is 25.6. The van der Waals surface area contributed by atoms with E-state index in [0.717, 1.165) is 30.5 Å². The predicted molar refractivity (Wildman–Crippen MR) is 133 cm³/mol. The molecule has 198 valence electrons. The quantitative estimate of drug-likeness (QED) is 0.234. The monoisotopic (exact) mass is 527 g/mol. The van der Waals surface area contributed by atoms with Crippen LogP contribution in [0.2, 0.25) is 0 Å². The molecule has 0 bridgehead atoms. The Bertz CT molecular complexity index is 1530. The molecule has 0 spiro atoms. The number of benzene rings is 2. The highest BCUT2D eigenvalue weighted by Crippen LogP contribution is 2.37. The Labute approximate surface area is 215 Å². The van der Waals surface area contributed by atoms with E-state index in [0.29, 0.717) is 28.6 Å². The van der Waals surface area contributed by atoms with E-state index in [1.54, 1.807) is 4.57 Å². The van der Waals surface area contributed by atoms with E-state index in [-0.39, 0.29) is 29.6 Å². The molecule has 0 radical (unpaired) electrons. The van der Waals surface area contributed by atoms with Crippen LogP contribution in [0.25, 0.3) is 22.6 Å². The zero-order chi connectivity index (χ0) is 27.2. The number of aryl methyl sites for hydroxylation is 1. The van der Waals surface area contributed by atoms with Gasteiger partial charge in [-0.3, -0.25) is 0 Å². The van der Waals surface area contributed by atoms with Gasteiger partial charge in [-0.15, -0.1) is 0 Å². The Hall–Kier alpha value is -4.02. The number of rotatable bonds is 7. The molecule has 5 rings (SSSR count). The molecule has 38 heavy (non-hydrogen) atoms. The van der Waals surface area contributed by atoms with Crippen LogP contribution in [0.1, 0.15) is 47.1 Å². The van der Waals surface area contributed by atoms with Crippen LogP contribution in [-0.2, 0) is 17.5 Å². The number of imidazole rings is 1. The lowest BCUT2D eigenvalue weighted by atomic mass is 10.1. The number of methoxy groups -OCH3 is 1. The molecule has 1 saturated carbocycles. The average Bonchev–Trinajstić information content (AvgIpc) is 3.66. The summed E-state index contributed by atoms with van der Waals surface area (Å²) < 4.78 is 60.9. The summed E-state index contributed by atoms with van der Waals surface area (Å²) in [4.78, 5) is 25.8. The number of nitrogens with one attached hydrogen (secondary N) is 1. The second-order valence-electron chi connectivity index (χ2n) is 9.53. The smallest absolute Gasteiger partial charge is 0.419 e.